The van der Waals surface area contributed by atoms with Gasteiger partial charge in [-0.25, -0.2) is 0 Å². The van der Waals surface area contributed by atoms with E-state index < -0.39 is 36.3 Å². The molecule has 0 bridgehead atoms. The van der Waals surface area contributed by atoms with Crippen LogP contribution in [0.1, 0.15) is 45.7 Å². The lowest BCUT2D eigenvalue weighted by Crippen LogP contribution is -2.60. The van der Waals surface area contributed by atoms with Crippen molar-refractivity contribution >= 4 is 45.2 Å². The van der Waals surface area contributed by atoms with Gasteiger partial charge in [0.25, 0.3) is 5.91 Å². The number of fused-ring (bicyclic) bond motifs is 3. The number of thioether (sulfide) groups is 1. The number of aromatic nitrogens is 1. The smallest absolute Gasteiger partial charge is 0.408 e. The van der Waals surface area contributed by atoms with E-state index in [0.29, 0.717) is 16.3 Å². The van der Waals surface area contributed by atoms with Crippen molar-refractivity contribution in [1.29, 1.82) is 0 Å². The van der Waals surface area contributed by atoms with E-state index in [4.69, 9.17) is 16.3 Å². The average molecular weight is 691 g/mol. The molecule has 0 fully saturated rings. The maximum atomic E-state index is 14.2. The van der Waals surface area contributed by atoms with E-state index in [2.05, 4.69) is 15.9 Å². The fourth-order valence-electron chi connectivity index (χ4n) is 5.39. The van der Waals surface area contributed by atoms with E-state index in [9.17, 15) is 22.8 Å². The zero-order valence-electron chi connectivity index (χ0n) is 22.6. The number of hydrogen-bond donors (Lipinski definition) is 0. The maximum Gasteiger partial charge on any atom is 0.408 e. The molecule has 3 aromatic carbocycles. The zero-order chi connectivity index (χ0) is 30.5. The molecule has 2 aliphatic rings. The molecule has 1 amide bonds. The lowest BCUT2D eigenvalue weighted by atomic mass is 9.94. The van der Waals surface area contributed by atoms with Crippen LogP contribution in [0.4, 0.5) is 13.2 Å². The Morgan fingerprint density at radius 2 is 1.77 bits per heavy atom. The number of nitrogens with zero attached hydrogens (tertiary/aromatic N) is 3. The number of alkyl halides is 3. The molecule has 12 heteroatoms. The number of carbonyl (C=O) groups excluding carboxylic acids is 1. The van der Waals surface area contributed by atoms with Crippen LogP contribution in [0.5, 0.6) is 5.75 Å². The third-order valence-corrected chi connectivity index (χ3v) is 9.65. The molecule has 0 aliphatic carbocycles. The molecule has 6 rings (SSSR count). The molecule has 3 heterocycles. The van der Waals surface area contributed by atoms with Crippen LogP contribution in [0.3, 0.4) is 0 Å². The van der Waals surface area contributed by atoms with Gasteiger partial charge in [0.15, 0.2) is 11.4 Å². The highest BCUT2D eigenvalue weighted by Crippen LogP contribution is 2.46. The molecule has 2 atom stereocenters. The highest BCUT2D eigenvalue weighted by atomic mass is 79.9. The lowest BCUT2D eigenvalue weighted by Gasteiger charge is -2.46. The van der Waals surface area contributed by atoms with Gasteiger partial charge in [0.05, 0.1) is 4.47 Å². The van der Waals surface area contributed by atoms with Crippen molar-refractivity contribution in [2.75, 3.05) is 11.7 Å². The Morgan fingerprint density at radius 3 is 2.51 bits per heavy atom. The summed E-state index contributed by atoms with van der Waals surface area (Å²) < 4.78 is 50.2. The highest BCUT2D eigenvalue weighted by molar-refractivity contribution is 9.10. The second-order valence-electron chi connectivity index (χ2n) is 10.2. The van der Waals surface area contributed by atoms with Crippen molar-refractivity contribution in [1.82, 2.24) is 9.58 Å². The summed E-state index contributed by atoms with van der Waals surface area (Å²) in [5.41, 5.74) is 2.20. The molecule has 0 spiro atoms. The fourth-order valence-corrected chi connectivity index (χ4v) is 7.15. The van der Waals surface area contributed by atoms with Gasteiger partial charge in [0.1, 0.15) is 25.4 Å². The Kier molecular flexibility index (Phi) is 7.99. The molecular weight excluding hydrogens is 667 g/mol. The number of rotatable bonds is 5. The molecule has 43 heavy (non-hydrogen) atoms. The Balaban J connectivity index is 1.60. The zero-order valence-corrected chi connectivity index (χ0v) is 25.8. The Hall–Kier alpha value is -3.41. The first kappa shape index (κ1) is 29.7. The summed E-state index contributed by atoms with van der Waals surface area (Å²) in [5, 5.41) is 2.09. The van der Waals surface area contributed by atoms with E-state index in [-0.39, 0.29) is 22.5 Å². The molecule has 222 valence electrons. The van der Waals surface area contributed by atoms with Crippen molar-refractivity contribution in [2.24, 2.45) is 0 Å². The molecule has 4 aromatic rings. The summed E-state index contributed by atoms with van der Waals surface area (Å²) in [6, 6.07) is 19.3. The number of pyridine rings is 1. The van der Waals surface area contributed by atoms with Crippen LogP contribution in [-0.4, -0.2) is 34.4 Å². The molecule has 0 unspecified atom stereocenters. The Labute approximate surface area is 263 Å². The number of hydrogen-bond acceptors (Lipinski definition) is 5. The predicted molar refractivity (Wildman–Crippen MR) is 163 cm³/mol. The SMILES string of the molecule is C[C@@H](N1CN([C@@H]2c3ccccc3SCc3cccc(Cl)c32)n2cc(Br)c(=O)c(OCc3ccccc3)c2C1=O)C(F)(F)F. The topological polar surface area (TPSA) is 54.8 Å². The van der Waals surface area contributed by atoms with Gasteiger partial charge in [0, 0.05) is 27.4 Å². The number of carbonyl (C=O) groups is 1. The minimum absolute atomic E-state index is 0.0702. The fraction of sp³-hybridized carbons (Fsp3) is 0.226. The molecule has 0 saturated carbocycles. The van der Waals surface area contributed by atoms with E-state index in [1.807, 2.05) is 42.5 Å². The van der Waals surface area contributed by atoms with Gasteiger partial charge in [-0.15, -0.1) is 11.8 Å². The van der Waals surface area contributed by atoms with Crippen LogP contribution >= 0.6 is 39.3 Å². The summed E-state index contributed by atoms with van der Waals surface area (Å²) >= 11 is 11.8. The summed E-state index contributed by atoms with van der Waals surface area (Å²) in [6.07, 6.45) is -3.31. The first-order valence-corrected chi connectivity index (χ1v) is 15.5. The second kappa shape index (κ2) is 11.6. The van der Waals surface area contributed by atoms with Gasteiger partial charge in [-0.2, -0.15) is 13.2 Å². The molecule has 0 N–H and O–H groups in total. The largest absolute Gasteiger partial charge is 0.482 e. The van der Waals surface area contributed by atoms with E-state index in [0.717, 1.165) is 33.4 Å². The van der Waals surface area contributed by atoms with Gasteiger partial charge < -0.3 is 9.64 Å². The molecule has 0 saturated heterocycles. The van der Waals surface area contributed by atoms with Gasteiger partial charge in [0.2, 0.25) is 5.43 Å². The normalized spacial score (nSPS) is 17.1. The summed E-state index contributed by atoms with van der Waals surface area (Å²) in [7, 11) is 0. The Bertz CT molecular complexity index is 1770. The highest BCUT2D eigenvalue weighted by Gasteiger charge is 2.48. The van der Waals surface area contributed by atoms with Gasteiger partial charge in [-0.05, 0) is 51.7 Å². The van der Waals surface area contributed by atoms with Crippen molar-refractivity contribution in [2.45, 2.75) is 42.4 Å². The van der Waals surface area contributed by atoms with Gasteiger partial charge in [-0.3, -0.25) is 19.3 Å². The summed E-state index contributed by atoms with van der Waals surface area (Å²) in [5.74, 6) is -0.724. The van der Waals surface area contributed by atoms with Crippen LogP contribution < -0.4 is 15.2 Å². The number of ether oxygens (including phenoxy) is 1. The van der Waals surface area contributed by atoms with Crippen molar-refractivity contribution in [3.63, 3.8) is 0 Å². The van der Waals surface area contributed by atoms with Crippen LogP contribution in [0.25, 0.3) is 0 Å². The van der Waals surface area contributed by atoms with E-state index >= 15 is 0 Å². The summed E-state index contributed by atoms with van der Waals surface area (Å²) in [6.45, 7) is 0.429. The average Bonchev–Trinajstić information content (AvgIpc) is 3.15. The van der Waals surface area contributed by atoms with Gasteiger partial charge >= 0.3 is 6.18 Å². The number of amides is 1. The number of halogens is 5. The second-order valence-corrected chi connectivity index (χ2v) is 12.5. The Morgan fingerprint density at radius 1 is 1.05 bits per heavy atom. The number of benzene rings is 3. The maximum absolute atomic E-state index is 14.2. The van der Waals surface area contributed by atoms with Crippen LogP contribution in [-0.2, 0) is 12.4 Å². The monoisotopic (exact) mass is 689 g/mol. The van der Waals surface area contributed by atoms with Crippen molar-refractivity contribution in [3.8, 4) is 5.75 Å². The van der Waals surface area contributed by atoms with Crippen LogP contribution in [0, 0.1) is 0 Å². The van der Waals surface area contributed by atoms with Crippen molar-refractivity contribution in [3.05, 3.63) is 127 Å². The lowest BCUT2D eigenvalue weighted by molar-refractivity contribution is -0.173. The predicted octanol–water partition coefficient (Wildman–Crippen LogP) is 7.54. The van der Waals surface area contributed by atoms with E-state index in [1.165, 1.54) is 10.9 Å². The molecular formula is C31H24BrClF3N3O3S. The first-order chi connectivity index (χ1) is 20.6. The quantitative estimate of drug-likeness (QED) is 0.217. The van der Waals surface area contributed by atoms with Gasteiger partial charge in [-0.1, -0.05) is 72.3 Å². The van der Waals surface area contributed by atoms with Crippen LogP contribution in [0.2, 0.25) is 5.02 Å². The molecule has 6 nitrogen and oxygen atoms in total. The van der Waals surface area contributed by atoms with E-state index in [1.54, 1.807) is 47.1 Å². The first-order valence-electron chi connectivity index (χ1n) is 13.3. The minimum atomic E-state index is -4.73. The molecule has 2 aliphatic heterocycles. The third-order valence-electron chi connectivity index (χ3n) is 7.62. The minimum Gasteiger partial charge on any atom is -0.482 e. The van der Waals surface area contributed by atoms with Crippen molar-refractivity contribution < 1.29 is 22.7 Å². The third kappa shape index (κ3) is 5.42. The van der Waals surface area contributed by atoms with Crippen LogP contribution in [0.15, 0.2) is 93.2 Å². The summed E-state index contributed by atoms with van der Waals surface area (Å²) in [4.78, 5) is 29.1. The molecule has 0 radical (unpaired) electrons. The molecule has 1 aromatic heterocycles. The standard InChI is InChI=1S/C31H24BrClF3N3O3S/c1-18(31(34,35)36)37-17-39(26-21-11-5-6-13-24(21)43-16-20-10-7-12-23(33)25(20)26)38-14-22(32)28(40)29(27(38)30(37)41)42-15-19-8-3-2-4-9-19/h2-14,18,26H,15-17H2,1H3/t18-,26-/m1/s1.